The van der Waals surface area contributed by atoms with Crippen LogP contribution in [0, 0.1) is 0 Å². The van der Waals surface area contributed by atoms with Crippen molar-refractivity contribution in [2.45, 2.75) is 31.5 Å². The molecule has 1 aliphatic rings. The number of methoxy groups -OCH3 is 1. The van der Waals surface area contributed by atoms with Crippen molar-refractivity contribution in [2.75, 3.05) is 27.7 Å². The first-order valence-corrected chi connectivity index (χ1v) is 9.51. The van der Waals surface area contributed by atoms with Crippen LogP contribution >= 0.6 is 0 Å². The van der Waals surface area contributed by atoms with Crippen molar-refractivity contribution in [3.8, 4) is 22.8 Å². The number of nitrogens with zero attached hydrogens (tertiary/aromatic N) is 3. The minimum Gasteiger partial charge on any atom is -0.490 e. The maximum Gasteiger partial charge on any atom is 0.224 e. The van der Waals surface area contributed by atoms with Crippen molar-refractivity contribution in [2.24, 2.45) is 0 Å². The third-order valence-corrected chi connectivity index (χ3v) is 4.75. The molecule has 0 radical (unpaired) electrons. The van der Waals surface area contributed by atoms with E-state index in [9.17, 15) is 4.39 Å². The Labute approximate surface area is 163 Å². The molecule has 0 saturated heterocycles. The largest absolute Gasteiger partial charge is 0.490 e. The zero-order valence-electron chi connectivity index (χ0n) is 16.4. The summed E-state index contributed by atoms with van der Waals surface area (Å²) < 4.78 is 25.7. The third kappa shape index (κ3) is 3.94. The van der Waals surface area contributed by atoms with Gasteiger partial charge in [0, 0.05) is 42.0 Å². The molecule has 0 amide bonds. The Balaban J connectivity index is 1.69. The molecule has 0 aromatic carbocycles. The molecule has 4 rings (SSSR count). The van der Waals surface area contributed by atoms with Crippen molar-refractivity contribution in [3.63, 3.8) is 0 Å². The maximum absolute atomic E-state index is 14.2. The molecule has 1 atom stereocenters. The van der Waals surface area contributed by atoms with Gasteiger partial charge in [0.1, 0.15) is 17.6 Å². The van der Waals surface area contributed by atoms with Crippen LogP contribution < -0.4 is 9.47 Å². The molecule has 1 unspecified atom stereocenters. The fourth-order valence-corrected chi connectivity index (χ4v) is 3.35. The molecule has 3 heterocycles. The number of alkyl halides is 1. The van der Waals surface area contributed by atoms with Gasteiger partial charge in [-0.15, -0.1) is 0 Å². The van der Waals surface area contributed by atoms with E-state index in [2.05, 4.69) is 15.0 Å². The number of hydrogen-bond acceptors (Lipinski definition) is 5. The number of fused-ring (bicyclic) bond motifs is 1. The highest BCUT2D eigenvalue weighted by atomic mass is 19.1. The number of rotatable bonds is 8. The van der Waals surface area contributed by atoms with E-state index in [0.29, 0.717) is 18.1 Å². The first-order valence-electron chi connectivity index (χ1n) is 9.51. The topological polar surface area (TPSA) is 63.3 Å². The molecule has 0 bridgehead atoms. The molecule has 1 fully saturated rings. The van der Waals surface area contributed by atoms with E-state index < -0.39 is 6.17 Å². The number of nitrogens with one attached hydrogen (secondary N) is 1. The Bertz CT molecular complexity index is 968. The van der Waals surface area contributed by atoms with Crippen LogP contribution in [0.3, 0.4) is 0 Å². The zero-order valence-corrected chi connectivity index (χ0v) is 16.4. The second-order valence-corrected chi connectivity index (χ2v) is 7.48. The van der Waals surface area contributed by atoms with E-state index in [0.717, 1.165) is 40.8 Å². The van der Waals surface area contributed by atoms with Gasteiger partial charge in [-0.3, -0.25) is 0 Å². The number of aromatic nitrogens is 3. The van der Waals surface area contributed by atoms with E-state index in [1.54, 1.807) is 13.3 Å². The van der Waals surface area contributed by atoms with Crippen LogP contribution in [0.1, 0.15) is 18.5 Å². The van der Waals surface area contributed by atoms with Gasteiger partial charge >= 0.3 is 0 Å². The Morgan fingerprint density at radius 1 is 1.29 bits per heavy atom. The molecule has 6 nitrogen and oxygen atoms in total. The minimum absolute atomic E-state index is 0.263. The van der Waals surface area contributed by atoms with Crippen LogP contribution in [0.15, 0.2) is 30.6 Å². The van der Waals surface area contributed by atoms with E-state index in [1.165, 1.54) is 0 Å². The number of hydrogen-bond donors (Lipinski definition) is 1. The van der Waals surface area contributed by atoms with Crippen LogP contribution in [0.2, 0.25) is 0 Å². The van der Waals surface area contributed by atoms with Crippen molar-refractivity contribution in [3.05, 3.63) is 36.3 Å². The lowest BCUT2D eigenvalue weighted by Gasteiger charge is -2.14. The quantitative estimate of drug-likeness (QED) is 0.643. The van der Waals surface area contributed by atoms with Gasteiger partial charge < -0.3 is 19.4 Å². The Morgan fingerprint density at radius 2 is 2.11 bits per heavy atom. The van der Waals surface area contributed by atoms with E-state index >= 15 is 0 Å². The van der Waals surface area contributed by atoms with Gasteiger partial charge in [-0.1, -0.05) is 0 Å². The van der Waals surface area contributed by atoms with E-state index in [4.69, 9.17) is 9.47 Å². The summed E-state index contributed by atoms with van der Waals surface area (Å²) in [4.78, 5) is 14.0. The Hall–Kier alpha value is -2.67. The summed E-state index contributed by atoms with van der Waals surface area (Å²) in [6.45, 7) is 0.379. The van der Waals surface area contributed by atoms with Crippen LogP contribution in [-0.2, 0) is 6.42 Å². The summed E-state index contributed by atoms with van der Waals surface area (Å²) in [5.41, 5.74) is 3.17. The molecule has 1 aliphatic carbocycles. The summed E-state index contributed by atoms with van der Waals surface area (Å²) in [5, 5.41) is 0.929. The summed E-state index contributed by atoms with van der Waals surface area (Å²) in [7, 11) is 5.33. The molecule has 148 valence electrons. The van der Waals surface area contributed by atoms with Crippen molar-refractivity contribution in [1.82, 2.24) is 19.9 Å². The summed E-state index contributed by atoms with van der Waals surface area (Å²) in [5.74, 6) is 1.27. The molecule has 3 aromatic rings. The van der Waals surface area contributed by atoms with Crippen LogP contribution in [0.4, 0.5) is 4.39 Å². The number of ether oxygens (including phenoxy) is 2. The second-order valence-electron chi connectivity index (χ2n) is 7.48. The van der Waals surface area contributed by atoms with Gasteiger partial charge in [-0.2, -0.15) is 0 Å². The average Bonchev–Trinajstić information content (AvgIpc) is 3.38. The maximum atomic E-state index is 14.2. The predicted octanol–water partition coefficient (Wildman–Crippen LogP) is 3.62. The smallest absolute Gasteiger partial charge is 0.224 e. The first kappa shape index (κ1) is 18.7. The van der Waals surface area contributed by atoms with Gasteiger partial charge in [-0.05, 0) is 45.1 Å². The monoisotopic (exact) mass is 384 g/mol. The van der Waals surface area contributed by atoms with Crippen LogP contribution in [0.5, 0.6) is 11.6 Å². The first-order chi connectivity index (χ1) is 13.5. The molecule has 1 saturated carbocycles. The highest BCUT2D eigenvalue weighted by Crippen LogP contribution is 2.42. The molecule has 28 heavy (non-hydrogen) atoms. The van der Waals surface area contributed by atoms with Crippen molar-refractivity contribution in [1.29, 1.82) is 0 Å². The number of aromatic amines is 1. The highest BCUT2D eigenvalue weighted by Gasteiger charge is 2.27. The number of pyridine rings is 2. The van der Waals surface area contributed by atoms with Crippen molar-refractivity contribution < 1.29 is 13.9 Å². The molecular weight excluding hydrogens is 359 g/mol. The molecule has 3 aromatic heterocycles. The fraction of sp³-hybridized carbons (Fsp3) is 0.429. The summed E-state index contributed by atoms with van der Waals surface area (Å²) in [6, 6.07) is 5.72. The molecular formula is C21H25FN4O2. The Morgan fingerprint density at radius 3 is 2.82 bits per heavy atom. The fourth-order valence-electron chi connectivity index (χ4n) is 3.35. The van der Waals surface area contributed by atoms with Gasteiger partial charge in [0.2, 0.25) is 5.88 Å². The normalized spacial score (nSPS) is 15.2. The molecule has 7 heteroatoms. The minimum atomic E-state index is -0.952. The summed E-state index contributed by atoms with van der Waals surface area (Å²) >= 11 is 0. The molecule has 1 N–H and O–H groups in total. The van der Waals surface area contributed by atoms with E-state index in [1.807, 2.05) is 43.4 Å². The number of halogens is 1. The molecule has 0 spiro atoms. The van der Waals surface area contributed by atoms with Gasteiger partial charge in [-0.25, -0.2) is 14.4 Å². The SMILES string of the molecule is COc1nccc(OC2CC2)c1-c1c[nH]c2nc(CC(F)CN(C)C)ccc12. The van der Waals surface area contributed by atoms with Crippen LogP contribution in [0.25, 0.3) is 22.2 Å². The van der Waals surface area contributed by atoms with Crippen molar-refractivity contribution >= 4 is 11.0 Å². The van der Waals surface area contributed by atoms with Crippen LogP contribution in [-0.4, -0.2) is 59.9 Å². The Kier molecular flexibility index (Phi) is 5.17. The third-order valence-electron chi connectivity index (χ3n) is 4.75. The summed E-state index contributed by atoms with van der Waals surface area (Å²) in [6.07, 6.45) is 5.31. The lowest BCUT2D eigenvalue weighted by molar-refractivity contribution is 0.245. The van der Waals surface area contributed by atoms with E-state index in [-0.39, 0.29) is 12.5 Å². The average molecular weight is 384 g/mol. The zero-order chi connectivity index (χ0) is 19.7. The second kappa shape index (κ2) is 7.75. The predicted molar refractivity (Wildman–Crippen MR) is 107 cm³/mol. The highest BCUT2D eigenvalue weighted by molar-refractivity contribution is 5.96. The lowest BCUT2D eigenvalue weighted by atomic mass is 10.1. The van der Waals surface area contributed by atoms with Gasteiger partial charge in [0.25, 0.3) is 0 Å². The molecule has 0 aliphatic heterocycles. The standard InChI is InChI=1S/C21H25FN4O2/c1-26(2)12-13(22)10-14-4-7-16-17(11-24-20(16)25-14)19-18(28-15-5-6-15)8-9-23-21(19)27-3/h4,7-9,11,13,15H,5-6,10,12H2,1-3H3,(H,24,25). The lowest BCUT2D eigenvalue weighted by Crippen LogP contribution is -2.24. The van der Waals surface area contributed by atoms with Gasteiger partial charge in [0.05, 0.1) is 18.8 Å². The number of H-pyrrole nitrogens is 1. The van der Waals surface area contributed by atoms with Gasteiger partial charge in [0.15, 0.2) is 0 Å².